The van der Waals surface area contributed by atoms with E-state index in [1.54, 1.807) is 0 Å². The zero-order valence-electron chi connectivity index (χ0n) is 11.1. The maximum Gasteiger partial charge on any atom is 0.0360 e. The van der Waals surface area contributed by atoms with Gasteiger partial charge in [-0.25, -0.2) is 0 Å². The van der Waals surface area contributed by atoms with Crippen molar-refractivity contribution in [2.45, 2.75) is 31.7 Å². The first-order chi connectivity index (χ1) is 8.88. The summed E-state index contributed by atoms with van der Waals surface area (Å²) >= 11 is 0. The van der Waals surface area contributed by atoms with Crippen molar-refractivity contribution in [2.75, 3.05) is 19.6 Å². The molecule has 1 aromatic carbocycles. The SMILES string of the molecule is NCCC(c1ccccc1)N1CC2CCCC2C1. The first-order valence-electron chi connectivity index (χ1n) is 7.37. The normalized spacial score (nSPS) is 29.4. The monoisotopic (exact) mass is 244 g/mol. The molecule has 3 unspecified atom stereocenters. The molecule has 0 bridgehead atoms. The van der Waals surface area contributed by atoms with Crippen LogP contribution in [0.4, 0.5) is 0 Å². The highest BCUT2D eigenvalue weighted by Gasteiger charge is 2.38. The van der Waals surface area contributed by atoms with Crippen LogP contribution in [0.25, 0.3) is 0 Å². The zero-order chi connectivity index (χ0) is 12.4. The van der Waals surface area contributed by atoms with Gasteiger partial charge in [0.15, 0.2) is 0 Å². The highest BCUT2D eigenvalue weighted by molar-refractivity contribution is 5.19. The van der Waals surface area contributed by atoms with E-state index >= 15 is 0 Å². The standard InChI is InChI=1S/C16H24N2/c17-10-9-16(13-5-2-1-3-6-13)18-11-14-7-4-8-15(14)12-18/h1-3,5-6,14-16H,4,7-12,17H2. The molecule has 2 N–H and O–H groups in total. The molecule has 1 saturated heterocycles. The third kappa shape index (κ3) is 2.32. The second kappa shape index (κ2) is 5.41. The summed E-state index contributed by atoms with van der Waals surface area (Å²) in [4.78, 5) is 2.69. The Kier molecular flexibility index (Phi) is 3.67. The molecule has 0 aromatic heterocycles. The summed E-state index contributed by atoms with van der Waals surface area (Å²) in [5, 5.41) is 0. The van der Waals surface area contributed by atoms with Crippen molar-refractivity contribution in [3.8, 4) is 0 Å². The van der Waals surface area contributed by atoms with Gasteiger partial charge in [0.2, 0.25) is 0 Å². The lowest BCUT2D eigenvalue weighted by Gasteiger charge is -2.28. The largest absolute Gasteiger partial charge is 0.330 e. The van der Waals surface area contributed by atoms with Crippen molar-refractivity contribution in [2.24, 2.45) is 17.6 Å². The van der Waals surface area contributed by atoms with Gasteiger partial charge >= 0.3 is 0 Å². The van der Waals surface area contributed by atoms with E-state index in [1.165, 1.54) is 37.9 Å². The van der Waals surface area contributed by atoms with Gasteiger partial charge < -0.3 is 5.73 Å². The Balaban J connectivity index is 1.74. The lowest BCUT2D eigenvalue weighted by molar-refractivity contribution is 0.218. The highest BCUT2D eigenvalue weighted by atomic mass is 15.2. The minimum atomic E-state index is 0.543. The maximum atomic E-state index is 5.82. The molecule has 0 amide bonds. The average Bonchev–Trinajstić information content (AvgIpc) is 2.97. The number of nitrogens with zero attached hydrogens (tertiary/aromatic N) is 1. The minimum absolute atomic E-state index is 0.543. The average molecular weight is 244 g/mol. The van der Waals surface area contributed by atoms with Gasteiger partial charge in [0.05, 0.1) is 0 Å². The van der Waals surface area contributed by atoms with Crippen LogP contribution in [0.5, 0.6) is 0 Å². The molecule has 1 saturated carbocycles. The van der Waals surface area contributed by atoms with Crippen molar-refractivity contribution in [3.63, 3.8) is 0 Å². The smallest absolute Gasteiger partial charge is 0.0360 e. The van der Waals surface area contributed by atoms with Crippen molar-refractivity contribution in [3.05, 3.63) is 35.9 Å². The Morgan fingerprint density at radius 3 is 2.39 bits per heavy atom. The predicted octanol–water partition coefficient (Wildman–Crippen LogP) is 2.81. The van der Waals surface area contributed by atoms with Gasteiger partial charge in [0.25, 0.3) is 0 Å². The topological polar surface area (TPSA) is 29.3 Å². The Morgan fingerprint density at radius 2 is 1.78 bits per heavy atom. The van der Waals surface area contributed by atoms with E-state index in [4.69, 9.17) is 5.73 Å². The summed E-state index contributed by atoms with van der Waals surface area (Å²) in [6, 6.07) is 11.5. The fourth-order valence-corrected chi connectivity index (χ4v) is 3.92. The molecule has 2 nitrogen and oxygen atoms in total. The number of hydrogen-bond acceptors (Lipinski definition) is 2. The van der Waals surface area contributed by atoms with Crippen molar-refractivity contribution < 1.29 is 0 Å². The number of nitrogens with two attached hydrogens (primary N) is 1. The molecule has 18 heavy (non-hydrogen) atoms. The van der Waals surface area contributed by atoms with Gasteiger partial charge in [-0.1, -0.05) is 36.8 Å². The first-order valence-corrected chi connectivity index (χ1v) is 7.37. The highest BCUT2D eigenvalue weighted by Crippen LogP contribution is 2.41. The van der Waals surface area contributed by atoms with Gasteiger partial charge in [0, 0.05) is 19.1 Å². The molecule has 1 aliphatic heterocycles. The third-order valence-corrected chi connectivity index (χ3v) is 4.82. The summed E-state index contributed by atoms with van der Waals surface area (Å²) in [7, 11) is 0. The van der Waals surface area contributed by atoms with Crippen LogP contribution in [0.3, 0.4) is 0 Å². The summed E-state index contributed by atoms with van der Waals surface area (Å²) < 4.78 is 0. The number of fused-ring (bicyclic) bond motifs is 1. The molecule has 2 heteroatoms. The summed E-state index contributed by atoms with van der Waals surface area (Å²) in [6.07, 6.45) is 5.44. The molecule has 2 aliphatic rings. The van der Waals surface area contributed by atoms with Gasteiger partial charge in [0.1, 0.15) is 0 Å². The fraction of sp³-hybridized carbons (Fsp3) is 0.625. The van der Waals surface area contributed by atoms with Crippen LogP contribution in [0.1, 0.15) is 37.3 Å². The zero-order valence-corrected chi connectivity index (χ0v) is 11.1. The van der Waals surface area contributed by atoms with Crippen LogP contribution in [0, 0.1) is 11.8 Å². The molecule has 3 atom stereocenters. The fourth-order valence-electron chi connectivity index (χ4n) is 3.92. The molecule has 98 valence electrons. The first kappa shape index (κ1) is 12.2. The van der Waals surface area contributed by atoms with Crippen molar-refractivity contribution in [1.29, 1.82) is 0 Å². The van der Waals surface area contributed by atoms with E-state index in [9.17, 15) is 0 Å². The third-order valence-electron chi connectivity index (χ3n) is 4.82. The summed E-state index contributed by atoms with van der Waals surface area (Å²) in [5.74, 6) is 1.93. The number of hydrogen-bond donors (Lipinski definition) is 1. The molecule has 0 radical (unpaired) electrons. The van der Waals surface area contributed by atoms with Gasteiger partial charge in [-0.2, -0.15) is 0 Å². The van der Waals surface area contributed by atoms with Crippen LogP contribution >= 0.6 is 0 Å². The van der Waals surface area contributed by atoms with E-state index in [0.717, 1.165) is 24.8 Å². The Morgan fingerprint density at radius 1 is 1.11 bits per heavy atom. The van der Waals surface area contributed by atoms with E-state index in [1.807, 2.05) is 0 Å². The van der Waals surface area contributed by atoms with E-state index < -0.39 is 0 Å². The molecular weight excluding hydrogens is 220 g/mol. The second-order valence-corrected chi connectivity index (χ2v) is 5.91. The van der Waals surface area contributed by atoms with E-state index in [0.29, 0.717) is 6.04 Å². The summed E-state index contributed by atoms with van der Waals surface area (Å²) in [6.45, 7) is 3.37. The van der Waals surface area contributed by atoms with Crippen molar-refractivity contribution in [1.82, 2.24) is 4.90 Å². The van der Waals surface area contributed by atoms with Crippen LogP contribution in [0.15, 0.2) is 30.3 Å². The van der Waals surface area contributed by atoms with Crippen LogP contribution in [-0.2, 0) is 0 Å². The Hall–Kier alpha value is -0.860. The number of likely N-dealkylation sites (tertiary alicyclic amines) is 1. The van der Waals surface area contributed by atoms with Gasteiger partial charge in [-0.05, 0) is 43.2 Å². The molecule has 2 fully saturated rings. The second-order valence-electron chi connectivity index (χ2n) is 5.91. The van der Waals surface area contributed by atoms with Gasteiger partial charge in [-0.3, -0.25) is 4.90 Å². The maximum absolute atomic E-state index is 5.82. The lowest BCUT2D eigenvalue weighted by Crippen LogP contribution is -2.29. The van der Waals surface area contributed by atoms with E-state index in [2.05, 4.69) is 35.2 Å². The van der Waals surface area contributed by atoms with E-state index in [-0.39, 0.29) is 0 Å². The quantitative estimate of drug-likeness (QED) is 0.882. The molecular formula is C16H24N2. The van der Waals surface area contributed by atoms with Crippen LogP contribution < -0.4 is 5.73 Å². The Labute approximate surface area is 110 Å². The lowest BCUT2D eigenvalue weighted by atomic mass is 10.0. The predicted molar refractivity (Wildman–Crippen MR) is 75.3 cm³/mol. The molecule has 1 aliphatic carbocycles. The molecule has 1 aromatic rings. The molecule has 3 rings (SSSR count). The number of benzene rings is 1. The summed E-state index contributed by atoms with van der Waals surface area (Å²) in [5.41, 5.74) is 7.27. The molecule has 0 spiro atoms. The van der Waals surface area contributed by atoms with Crippen LogP contribution in [-0.4, -0.2) is 24.5 Å². The minimum Gasteiger partial charge on any atom is -0.330 e. The molecule has 1 heterocycles. The van der Waals surface area contributed by atoms with Gasteiger partial charge in [-0.15, -0.1) is 0 Å². The number of rotatable bonds is 4. The van der Waals surface area contributed by atoms with Crippen molar-refractivity contribution >= 4 is 0 Å². The Bertz CT molecular complexity index is 364. The van der Waals surface area contributed by atoms with Crippen LogP contribution in [0.2, 0.25) is 0 Å².